The fraction of sp³-hybridized carbons (Fsp3) is 0.0833. The van der Waals surface area contributed by atoms with E-state index >= 15 is 0 Å². The summed E-state index contributed by atoms with van der Waals surface area (Å²) in [4.78, 5) is 17.9. The zero-order chi connectivity index (χ0) is 20.2. The van der Waals surface area contributed by atoms with Crippen molar-refractivity contribution in [2.75, 3.05) is 0 Å². The Kier molecular flexibility index (Phi) is 5.85. The van der Waals surface area contributed by atoms with Gasteiger partial charge in [-0.05, 0) is 71.0 Å². The van der Waals surface area contributed by atoms with Crippen LogP contribution in [0.2, 0.25) is 0 Å². The molecule has 29 heavy (non-hydrogen) atoms. The Morgan fingerprint density at radius 3 is 2.52 bits per heavy atom. The van der Waals surface area contributed by atoms with Gasteiger partial charge < -0.3 is 0 Å². The number of aromatic nitrogens is 2. The van der Waals surface area contributed by atoms with E-state index in [1.54, 1.807) is 34.9 Å². The first-order valence-electron chi connectivity index (χ1n) is 9.28. The lowest BCUT2D eigenvalue weighted by Crippen LogP contribution is -2.25. The minimum atomic E-state index is -0.308. The van der Waals surface area contributed by atoms with E-state index in [4.69, 9.17) is 0 Å². The van der Waals surface area contributed by atoms with E-state index in [9.17, 15) is 9.18 Å². The van der Waals surface area contributed by atoms with Gasteiger partial charge in [0, 0.05) is 15.7 Å². The minimum absolute atomic E-state index is 0.0855. The molecule has 0 bridgehead atoms. The van der Waals surface area contributed by atoms with Gasteiger partial charge in [-0.25, -0.2) is 9.37 Å². The molecule has 0 N–H and O–H groups in total. The van der Waals surface area contributed by atoms with E-state index in [2.05, 4.69) is 27.6 Å². The summed E-state index contributed by atoms with van der Waals surface area (Å²) in [6.07, 6.45) is 4.08. The third-order valence-electron chi connectivity index (χ3n) is 4.73. The first-order valence-corrected chi connectivity index (χ1v) is 10.4. The van der Waals surface area contributed by atoms with Crippen LogP contribution in [0.5, 0.6) is 0 Å². The second-order valence-electron chi connectivity index (χ2n) is 6.68. The van der Waals surface area contributed by atoms with Crippen LogP contribution in [0.25, 0.3) is 23.1 Å². The van der Waals surface area contributed by atoms with E-state index in [1.807, 2.05) is 48.5 Å². The fourth-order valence-corrected chi connectivity index (χ4v) is 3.70. The quantitative estimate of drug-likeness (QED) is 0.340. The van der Waals surface area contributed by atoms with Crippen LogP contribution in [0.4, 0.5) is 4.39 Å². The molecule has 5 heteroatoms. The van der Waals surface area contributed by atoms with Gasteiger partial charge in [0.05, 0.1) is 10.9 Å². The Bertz CT molecular complexity index is 1250. The van der Waals surface area contributed by atoms with Crippen molar-refractivity contribution in [2.24, 2.45) is 0 Å². The molecule has 0 saturated carbocycles. The van der Waals surface area contributed by atoms with Gasteiger partial charge >= 0.3 is 0 Å². The average Bonchev–Trinajstić information content (AvgIpc) is 2.74. The van der Waals surface area contributed by atoms with E-state index < -0.39 is 0 Å². The highest BCUT2D eigenvalue weighted by molar-refractivity contribution is 14.1. The summed E-state index contributed by atoms with van der Waals surface area (Å²) >= 11 is 2.19. The van der Waals surface area contributed by atoms with Gasteiger partial charge in [-0.2, -0.15) is 0 Å². The molecule has 0 amide bonds. The summed E-state index contributed by atoms with van der Waals surface area (Å²) in [6, 6.07) is 22.2. The number of benzene rings is 3. The Hall–Kier alpha value is -2.80. The molecule has 4 rings (SSSR count). The van der Waals surface area contributed by atoms with Crippen LogP contribution in [0.1, 0.15) is 17.0 Å². The lowest BCUT2D eigenvalue weighted by atomic mass is 10.1. The van der Waals surface area contributed by atoms with Gasteiger partial charge in [0.1, 0.15) is 11.6 Å². The maximum atomic E-state index is 14.0. The number of nitrogens with zero attached hydrogens (tertiary/aromatic N) is 2. The predicted octanol–water partition coefficient (Wildman–Crippen LogP) is 5.55. The minimum Gasteiger partial charge on any atom is -0.292 e. The number of rotatable bonds is 5. The summed E-state index contributed by atoms with van der Waals surface area (Å²) in [5.41, 5.74) is 2.16. The van der Waals surface area contributed by atoms with Crippen LogP contribution in [-0.2, 0) is 13.0 Å². The van der Waals surface area contributed by atoms with Crippen molar-refractivity contribution < 1.29 is 4.39 Å². The molecule has 0 unspecified atom stereocenters. The Morgan fingerprint density at radius 1 is 0.966 bits per heavy atom. The van der Waals surface area contributed by atoms with Crippen molar-refractivity contribution in [3.63, 3.8) is 0 Å². The summed E-state index contributed by atoms with van der Waals surface area (Å²) in [5, 5.41) is 0.591. The topological polar surface area (TPSA) is 34.9 Å². The fourth-order valence-electron chi connectivity index (χ4n) is 3.21. The highest BCUT2D eigenvalue weighted by Crippen LogP contribution is 2.16. The Balaban J connectivity index is 1.79. The number of fused-ring (bicyclic) bond motifs is 1. The van der Waals surface area contributed by atoms with Gasteiger partial charge in [0.2, 0.25) is 0 Å². The maximum Gasteiger partial charge on any atom is 0.261 e. The van der Waals surface area contributed by atoms with Gasteiger partial charge in [0.25, 0.3) is 5.56 Å². The number of hydrogen-bond donors (Lipinski definition) is 0. The second kappa shape index (κ2) is 8.69. The van der Waals surface area contributed by atoms with Crippen LogP contribution in [0.3, 0.4) is 0 Å². The second-order valence-corrected chi connectivity index (χ2v) is 7.92. The third-order valence-corrected chi connectivity index (χ3v) is 5.40. The van der Waals surface area contributed by atoms with Gasteiger partial charge in [-0.15, -0.1) is 0 Å². The van der Waals surface area contributed by atoms with Crippen LogP contribution in [0.15, 0.2) is 77.6 Å². The molecule has 0 saturated heterocycles. The maximum absolute atomic E-state index is 14.0. The lowest BCUT2D eigenvalue weighted by Gasteiger charge is -2.12. The molecule has 0 aliphatic carbocycles. The monoisotopic (exact) mass is 496 g/mol. The van der Waals surface area contributed by atoms with Crippen molar-refractivity contribution >= 4 is 45.6 Å². The van der Waals surface area contributed by atoms with Crippen LogP contribution in [-0.4, -0.2) is 9.55 Å². The van der Waals surface area contributed by atoms with E-state index in [0.29, 0.717) is 35.3 Å². The molecular weight excluding hydrogens is 478 g/mol. The highest BCUT2D eigenvalue weighted by atomic mass is 127. The largest absolute Gasteiger partial charge is 0.292 e. The van der Waals surface area contributed by atoms with Crippen molar-refractivity contribution in [3.8, 4) is 0 Å². The van der Waals surface area contributed by atoms with Gasteiger partial charge in [-0.1, -0.05) is 48.5 Å². The molecule has 144 valence electrons. The average molecular weight is 496 g/mol. The van der Waals surface area contributed by atoms with Crippen LogP contribution >= 0.6 is 22.6 Å². The predicted molar refractivity (Wildman–Crippen MR) is 124 cm³/mol. The van der Waals surface area contributed by atoms with Gasteiger partial charge in [-0.3, -0.25) is 9.36 Å². The summed E-state index contributed by atoms with van der Waals surface area (Å²) in [6.45, 7) is 0.494. The third kappa shape index (κ3) is 4.45. The summed E-state index contributed by atoms with van der Waals surface area (Å²) < 4.78 is 16.7. The molecule has 0 atom stereocenters. The lowest BCUT2D eigenvalue weighted by molar-refractivity contribution is 0.625. The molecule has 0 spiro atoms. The first-order chi connectivity index (χ1) is 14.1. The molecule has 0 aliphatic heterocycles. The first kappa shape index (κ1) is 19.5. The molecule has 0 aliphatic rings. The number of halogens is 2. The molecular formula is C24H18FIN2O. The zero-order valence-corrected chi connectivity index (χ0v) is 17.7. The Morgan fingerprint density at radius 2 is 1.72 bits per heavy atom. The standard InChI is InChI=1S/C24H18FIN2O/c25-21-9-5-4-8-18(21)10-13-23-27-22-12-11-19(26)16-20(22)24(29)28(23)15-14-17-6-2-1-3-7-17/h1-13,16H,14-15H2/b13-10+. The molecule has 3 nitrogen and oxygen atoms in total. The molecule has 4 aromatic rings. The molecule has 0 fully saturated rings. The van der Waals surface area contributed by atoms with Gasteiger partial charge in [0.15, 0.2) is 0 Å². The van der Waals surface area contributed by atoms with Crippen molar-refractivity contribution in [1.29, 1.82) is 0 Å². The van der Waals surface area contributed by atoms with Crippen molar-refractivity contribution in [1.82, 2.24) is 9.55 Å². The van der Waals surface area contributed by atoms with E-state index in [0.717, 1.165) is 9.13 Å². The van der Waals surface area contributed by atoms with Crippen LogP contribution in [0, 0.1) is 9.39 Å². The van der Waals surface area contributed by atoms with Crippen molar-refractivity contribution in [3.05, 3.63) is 109 Å². The zero-order valence-electron chi connectivity index (χ0n) is 15.6. The van der Waals surface area contributed by atoms with Crippen LogP contribution < -0.4 is 5.56 Å². The Labute approximate surface area is 181 Å². The van der Waals surface area contributed by atoms with Crippen molar-refractivity contribution in [2.45, 2.75) is 13.0 Å². The summed E-state index contributed by atoms with van der Waals surface area (Å²) in [5.74, 6) is 0.208. The molecule has 0 radical (unpaired) electrons. The molecule has 3 aromatic carbocycles. The normalized spacial score (nSPS) is 11.4. The SMILES string of the molecule is O=c1c2cc(I)ccc2nc(/C=C/c2ccccc2F)n1CCc1ccccc1. The number of aryl methyl sites for hydroxylation is 1. The van der Waals surface area contributed by atoms with E-state index in [1.165, 1.54) is 6.07 Å². The highest BCUT2D eigenvalue weighted by Gasteiger charge is 2.10. The molecule has 1 aromatic heterocycles. The smallest absolute Gasteiger partial charge is 0.261 e. The number of hydrogen-bond acceptors (Lipinski definition) is 2. The van der Waals surface area contributed by atoms with E-state index in [-0.39, 0.29) is 11.4 Å². The molecule has 1 heterocycles. The summed E-state index contributed by atoms with van der Waals surface area (Å²) in [7, 11) is 0.